The van der Waals surface area contributed by atoms with Crippen LogP contribution >= 0.6 is 0 Å². The van der Waals surface area contributed by atoms with Gasteiger partial charge in [-0.05, 0) is 79.1 Å². The first kappa shape index (κ1) is 41.7. The SMILES string of the molecule is CCCCCCC(c1ncccn1)n1c(/C(=N\c2ccc(N(C)C)cc2C)C(=O)Nc2cc(NC(=O)CC)ccc2Oc2ccccc2)ncc(-c2ccccc2)c1=O. The predicted octanol–water partition coefficient (Wildman–Crippen LogP) is 9.53. The molecule has 0 aliphatic heterocycles. The van der Waals surface area contributed by atoms with Crippen LogP contribution in [-0.4, -0.2) is 51.1 Å². The van der Waals surface area contributed by atoms with Crippen LogP contribution in [0.5, 0.6) is 11.5 Å². The fourth-order valence-electron chi connectivity index (χ4n) is 6.58. The summed E-state index contributed by atoms with van der Waals surface area (Å²) < 4.78 is 7.80. The Bertz CT molecular complexity index is 2450. The molecular weight excluding hydrogens is 741 g/mol. The third kappa shape index (κ3) is 10.5. The molecule has 0 saturated heterocycles. The van der Waals surface area contributed by atoms with Crippen LogP contribution in [0.15, 0.2) is 132 Å². The van der Waals surface area contributed by atoms with Gasteiger partial charge in [-0.3, -0.25) is 19.0 Å². The number of carbonyl (C=O) groups is 2. The van der Waals surface area contributed by atoms with Crippen molar-refractivity contribution in [3.8, 4) is 22.6 Å². The van der Waals surface area contributed by atoms with Gasteiger partial charge in [0, 0.05) is 50.5 Å². The van der Waals surface area contributed by atoms with Crippen molar-refractivity contribution in [2.24, 2.45) is 4.99 Å². The van der Waals surface area contributed by atoms with Crippen LogP contribution in [0.4, 0.5) is 22.7 Å². The maximum absolute atomic E-state index is 15.1. The van der Waals surface area contributed by atoms with Gasteiger partial charge in [-0.2, -0.15) is 0 Å². The summed E-state index contributed by atoms with van der Waals surface area (Å²) in [5.74, 6) is 0.462. The highest BCUT2D eigenvalue weighted by Gasteiger charge is 2.29. The van der Waals surface area contributed by atoms with Crippen LogP contribution in [0.2, 0.25) is 0 Å². The lowest BCUT2D eigenvalue weighted by atomic mass is 10.0. The Labute approximate surface area is 345 Å². The molecule has 6 aromatic rings. The van der Waals surface area contributed by atoms with Crippen LogP contribution in [0.3, 0.4) is 0 Å². The second-order valence-corrected chi connectivity index (χ2v) is 14.3. The quantitative estimate of drug-likeness (QED) is 0.0687. The number of ether oxygens (including phenoxy) is 1. The topological polar surface area (TPSA) is 144 Å². The molecule has 0 fully saturated rings. The van der Waals surface area contributed by atoms with Gasteiger partial charge in [-0.15, -0.1) is 0 Å². The normalized spacial score (nSPS) is 11.8. The number of carbonyl (C=O) groups excluding carboxylic acids is 2. The number of hydrogen-bond donors (Lipinski definition) is 2. The zero-order valence-corrected chi connectivity index (χ0v) is 34.2. The van der Waals surface area contributed by atoms with Crippen LogP contribution in [-0.2, 0) is 9.59 Å². The van der Waals surface area contributed by atoms with Crippen molar-refractivity contribution >= 4 is 40.3 Å². The molecule has 0 spiro atoms. The first-order valence-corrected chi connectivity index (χ1v) is 20.0. The minimum absolute atomic E-state index is 0.0391. The number of unbranched alkanes of at least 4 members (excludes halogenated alkanes) is 3. The van der Waals surface area contributed by atoms with Crippen LogP contribution < -0.4 is 25.8 Å². The first-order valence-electron chi connectivity index (χ1n) is 20.0. The van der Waals surface area contributed by atoms with Gasteiger partial charge < -0.3 is 20.3 Å². The highest BCUT2D eigenvalue weighted by atomic mass is 16.5. The summed E-state index contributed by atoms with van der Waals surface area (Å²) in [4.78, 5) is 63.8. The first-order chi connectivity index (χ1) is 28.7. The van der Waals surface area contributed by atoms with Gasteiger partial charge in [-0.1, -0.05) is 88.1 Å². The van der Waals surface area contributed by atoms with E-state index in [1.807, 2.05) is 92.6 Å². The summed E-state index contributed by atoms with van der Waals surface area (Å²) in [6, 6.07) is 30.3. The van der Waals surface area contributed by atoms with Crippen LogP contribution in [0.25, 0.3) is 11.1 Å². The van der Waals surface area contributed by atoms with Gasteiger partial charge in [0.05, 0.1) is 23.0 Å². The number of amides is 2. The molecule has 0 saturated carbocycles. The van der Waals surface area contributed by atoms with Crippen molar-refractivity contribution in [3.05, 3.63) is 149 Å². The number of benzene rings is 4. The van der Waals surface area contributed by atoms with E-state index in [0.717, 1.165) is 36.9 Å². The maximum Gasteiger partial charge on any atom is 0.278 e. The summed E-state index contributed by atoms with van der Waals surface area (Å²) in [6.07, 6.45) is 9.34. The zero-order chi connectivity index (χ0) is 41.7. The summed E-state index contributed by atoms with van der Waals surface area (Å²) in [5, 5.41) is 5.89. The van der Waals surface area contributed by atoms with Crippen molar-refractivity contribution in [1.82, 2.24) is 19.5 Å². The van der Waals surface area contributed by atoms with Gasteiger partial charge in [-0.25, -0.2) is 19.9 Å². The number of anilines is 3. The van der Waals surface area contributed by atoms with Gasteiger partial charge in [0.25, 0.3) is 11.5 Å². The molecule has 12 heteroatoms. The number of rotatable bonds is 17. The Morgan fingerprint density at radius 2 is 1.56 bits per heavy atom. The minimum Gasteiger partial charge on any atom is -0.455 e. The molecule has 302 valence electrons. The van der Waals surface area contributed by atoms with Crippen molar-refractivity contribution < 1.29 is 14.3 Å². The average molecular weight is 791 g/mol. The molecule has 0 bridgehead atoms. The van der Waals surface area contributed by atoms with Crippen LogP contribution in [0, 0.1) is 6.92 Å². The number of nitrogens with one attached hydrogen (secondary N) is 2. The van der Waals surface area contributed by atoms with E-state index < -0.39 is 11.9 Å². The molecule has 0 aliphatic carbocycles. The highest BCUT2D eigenvalue weighted by molar-refractivity contribution is 6.48. The van der Waals surface area contributed by atoms with E-state index in [1.54, 1.807) is 55.7 Å². The summed E-state index contributed by atoms with van der Waals surface area (Å²) in [6.45, 7) is 5.82. The number of aromatic nitrogens is 4. The molecule has 0 aliphatic rings. The smallest absolute Gasteiger partial charge is 0.278 e. The minimum atomic E-state index is -0.688. The number of para-hydroxylation sites is 1. The molecule has 2 amide bonds. The Morgan fingerprint density at radius 1 is 0.831 bits per heavy atom. The molecule has 0 radical (unpaired) electrons. The van der Waals surface area contributed by atoms with E-state index in [2.05, 4.69) is 27.5 Å². The molecule has 1 atom stereocenters. The molecule has 6 rings (SSSR count). The van der Waals surface area contributed by atoms with Gasteiger partial charge in [0.15, 0.2) is 23.1 Å². The average Bonchev–Trinajstić information content (AvgIpc) is 3.25. The molecule has 59 heavy (non-hydrogen) atoms. The largest absolute Gasteiger partial charge is 0.455 e. The van der Waals surface area contributed by atoms with E-state index in [4.69, 9.17) is 14.7 Å². The van der Waals surface area contributed by atoms with Crippen molar-refractivity contribution in [2.45, 2.75) is 65.3 Å². The monoisotopic (exact) mass is 790 g/mol. The Kier molecular flexibility index (Phi) is 14.1. The number of aryl methyl sites for hydroxylation is 1. The lowest BCUT2D eigenvalue weighted by Crippen LogP contribution is -2.37. The van der Waals surface area contributed by atoms with E-state index in [-0.39, 0.29) is 35.1 Å². The fraction of sp³-hybridized carbons (Fsp3) is 0.255. The zero-order valence-electron chi connectivity index (χ0n) is 34.2. The van der Waals surface area contributed by atoms with Gasteiger partial charge >= 0.3 is 0 Å². The van der Waals surface area contributed by atoms with Crippen molar-refractivity contribution in [1.29, 1.82) is 0 Å². The molecule has 2 heterocycles. The van der Waals surface area contributed by atoms with Gasteiger partial charge in [0.1, 0.15) is 5.75 Å². The summed E-state index contributed by atoms with van der Waals surface area (Å²) in [7, 11) is 3.90. The third-order valence-corrected chi connectivity index (χ3v) is 9.76. The highest BCUT2D eigenvalue weighted by Crippen LogP contribution is 2.34. The fourth-order valence-corrected chi connectivity index (χ4v) is 6.58. The molecule has 2 aromatic heterocycles. The molecule has 2 N–H and O–H groups in total. The molecule has 1 unspecified atom stereocenters. The Morgan fingerprint density at radius 3 is 2.24 bits per heavy atom. The van der Waals surface area contributed by atoms with Gasteiger partial charge in [0.2, 0.25) is 5.91 Å². The van der Waals surface area contributed by atoms with Crippen LogP contribution in [0.1, 0.15) is 75.6 Å². The van der Waals surface area contributed by atoms with Crippen molar-refractivity contribution in [2.75, 3.05) is 29.6 Å². The molecular formula is C47H50N8O4. The number of nitrogens with zero attached hydrogens (tertiary/aromatic N) is 6. The number of hydrogen-bond acceptors (Lipinski definition) is 9. The number of aliphatic imine (C=N–C) groups is 1. The maximum atomic E-state index is 15.1. The van der Waals surface area contributed by atoms with E-state index in [1.165, 1.54) is 10.8 Å². The predicted molar refractivity (Wildman–Crippen MR) is 235 cm³/mol. The second kappa shape index (κ2) is 20.0. The molecule has 4 aromatic carbocycles. The summed E-state index contributed by atoms with van der Waals surface area (Å²) >= 11 is 0. The summed E-state index contributed by atoms with van der Waals surface area (Å²) in [5.41, 5.74) is 3.52. The lowest BCUT2D eigenvalue weighted by molar-refractivity contribution is -0.116. The standard InChI is InChI=1S/C47H50N8O4/c1-6-8-9-16-22-40(44-48-27-17-28-49-44)55-45(50-31-37(47(55)58)33-18-12-10-13-19-33)43(52-38-25-24-35(54(4)5)29-32(38)3)46(57)53-39-30-34(51-42(56)7-2)23-26-41(39)59-36-20-14-11-15-21-36/h10-15,17-21,23-31,40H,6-9,16,22H2,1-5H3,(H,51,56)(H,53,57)/b52-43+. The third-order valence-electron chi connectivity index (χ3n) is 9.76. The Balaban J connectivity index is 1.58. The second-order valence-electron chi connectivity index (χ2n) is 14.3. The van der Waals surface area contributed by atoms with E-state index in [9.17, 15) is 4.79 Å². The van der Waals surface area contributed by atoms with E-state index in [0.29, 0.717) is 46.2 Å². The Hall–Kier alpha value is -6.95. The lowest BCUT2D eigenvalue weighted by Gasteiger charge is -2.23. The van der Waals surface area contributed by atoms with E-state index >= 15 is 9.59 Å². The molecule has 12 nitrogen and oxygen atoms in total. The van der Waals surface area contributed by atoms with Crippen molar-refractivity contribution in [3.63, 3.8) is 0 Å².